The molecule has 1 amide bonds. The van der Waals surface area contributed by atoms with Gasteiger partial charge in [0.2, 0.25) is 0 Å². The van der Waals surface area contributed by atoms with Crippen LogP contribution >= 0.6 is 0 Å². The Labute approximate surface area is 118 Å². The number of alkyl halides is 2. The quantitative estimate of drug-likeness (QED) is 0.837. The third kappa shape index (κ3) is 5.61. The van der Waals surface area contributed by atoms with Crippen LogP contribution in [0, 0.1) is 5.92 Å². The second-order valence-electron chi connectivity index (χ2n) is 6.43. The molecule has 0 radical (unpaired) electrons. The number of ether oxygens (including phenoxy) is 1. The first-order chi connectivity index (χ1) is 9.14. The van der Waals surface area contributed by atoms with E-state index in [1.807, 2.05) is 0 Å². The smallest absolute Gasteiger partial charge is 0.407 e. The maximum atomic E-state index is 13.6. The van der Waals surface area contributed by atoms with Gasteiger partial charge in [-0.05, 0) is 46.5 Å². The number of rotatable bonds is 4. The molecule has 118 valence electrons. The van der Waals surface area contributed by atoms with Crippen LogP contribution in [-0.4, -0.2) is 35.4 Å². The van der Waals surface area contributed by atoms with Crippen LogP contribution in [0.5, 0.6) is 0 Å². The lowest BCUT2D eigenvalue weighted by Gasteiger charge is -2.34. The van der Waals surface area contributed by atoms with Gasteiger partial charge in [0.25, 0.3) is 5.92 Å². The molecule has 6 heteroatoms. The molecule has 0 heterocycles. The highest BCUT2D eigenvalue weighted by Crippen LogP contribution is 2.38. The Morgan fingerprint density at radius 2 is 1.80 bits per heavy atom. The number of carbonyl (C=O) groups excluding carboxylic acids is 1. The van der Waals surface area contributed by atoms with Crippen LogP contribution in [0.3, 0.4) is 0 Å². The topological polar surface area (TPSA) is 58.6 Å². The summed E-state index contributed by atoms with van der Waals surface area (Å²) in [5.74, 6) is -3.52. The molecule has 1 fully saturated rings. The molecule has 0 aliphatic heterocycles. The van der Waals surface area contributed by atoms with Crippen LogP contribution in [0.15, 0.2) is 0 Å². The first kappa shape index (κ1) is 17.1. The molecule has 0 aromatic carbocycles. The van der Waals surface area contributed by atoms with Gasteiger partial charge in [-0.3, -0.25) is 0 Å². The fourth-order valence-electron chi connectivity index (χ4n) is 2.49. The van der Waals surface area contributed by atoms with Crippen molar-refractivity contribution in [2.45, 2.75) is 70.4 Å². The molecule has 0 unspecified atom stereocenters. The van der Waals surface area contributed by atoms with Crippen molar-refractivity contribution in [3.8, 4) is 0 Å². The molecule has 0 atom stereocenters. The molecule has 1 saturated carbocycles. The van der Waals surface area contributed by atoms with E-state index in [2.05, 4.69) is 5.32 Å². The van der Waals surface area contributed by atoms with Gasteiger partial charge in [0.15, 0.2) is 0 Å². The van der Waals surface area contributed by atoms with Gasteiger partial charge in [0.05, 0.1) is 0 Å². The zero-order valence-corrected chi connectivity index (χ0v) is 12.4. The van der Waals surface area contributed by atoms with Gasteiger partial charge >= 0.3 is 6.09 Å². The summed E-state index contributed by atoms with van der Waals surface area (Å²) in [6.07, 6.45) is 0.765. The summed E-state index contributed by atoms with van der Waals surface area (Å²) in [5, 5.41) is 11.4. The number of carbonyl (C=O) groups is 1. The van der Waals surface area contributed by atoms with Crippen molar-refractivity contribution in [1.29, 1.82) is 0 Å². The molecule has 0 aromatic heterocycles. The minimum Gasteiger partial charge on any atom is -0.444 e. The highest BCUT2D eigenvalue weighted by Gasteiger charge is 2.41. The van der Waals surface area contributed by atoms with Gasteiger partial charge in [0.1, 0.15) is 5.60 Å². The molecule has 0 bridgehead atoms. The van der Waals surface area contributed by atoms with Gasteiger partial charge in [-0.1, -0.05) is 0 Å². The summed E-state index contributed by atoms with van der Waals surface area (Å²) in [6.45, 7) is 4.83. The molecule has 0 saturated heterocycles. The van der Waals surface area contributed by atoms with Crippen LogP contribution in [0.25, 0.3) is 0 Å². The predicted octanol–water partition coefficient (Wildman–Crippen LogP) is 3.09. The van der Waals surface area contributed by atoms with E-state index >= 15 is 0 Å². The summed E-state index contributed by atoms with van der Waals surface area (Å²) < 4.78 is 32.4. The first-order valence-corrected chi connectivity index (χ1v) is 7.12. The maximum Gasteiger partial charge on any atom is 0.407 e. The Morgan fingerprint density at radius 3 is 2.25 bits per heavy atom. The van der Waals surface area contributed by atoms with E-state index in [4.69, 9.17) is 9.84 Å². The van der Waals surface area contributed by atoms with Crippen molar-refractivity contribution in [1.82, 2.24) is 5.32 Å². The SMILES string of the molecule is CC(C)(C)OC(=O)NC1CCC(C(F)(F)CCO)CC1. The van der Waals surface area contributed by atoms with E-state index in [1.165, 1.54) is 0 Å². The van der Waals surface area contributed by atoms with Gasteiger partial charge < -0.3 is 15.2 Å². The lowest BCUT2D eigenvalue weighted by Crippen LogP contribution is -2.43. The third-order valence-corrected chi connectivity index (χ3v) is 3.49. The largest absolute Gasteiger partial charge is 0.444 e. The molecule has 2 N–H and O–H groups in total. The average molecular weight is 293 g/mol. The number of hydrogen-bond donors (Lipinski definition) is 2. The standard InChI is InChI=1S/C14H25F2NO3/c1-13(2,3)20-12(19)17-11-6-4-10(5-7-11)14(15,16)8-9-18/h10-11,18H,4-9H2,1-3H3,(H,17,19). The molecular weight excluding hydrogens is 268 g/mol. The fourth-order valence-corrected chi connectivity index (χ4v) is 2.49. The summed E-state index contributed by atoms with van der Waals surface area (Å²) in [4.78, 5) is 11.6. The van der Waals surface area contributed by atoms with Gasteiger partial charge in [-0.25, -0.2) is 13.6 Å². The van der Waals surface area contributed by atoms with E-state index in [9.17, 15) is 13.6 Å². The van der Waals surface area contributed by atoms with Crippen molar-refractivity contribution in [3.05, 3.63) is 0 Å². The number of aliphatic hydroxyl groups excluding tert-OH is 1. The van der Waals surface area contributed by atoms with Crippen molar-refractivity contribution in [3.63, 3.8) is 0 Å². The van der Waals surface area contributed by atoms with Crippen LogP contribution < -0.4 is 5.32 Å². The Kier molecular flexibility index (Phi) is 5.74. The molecule has 0 aromatic rings. The number of amides is 1. The molecule has 20 heavy (non-hydrogen) atoms. The summed E-state index contributed by atoms with van der Waals surface area (Å²) in [7, 11) is 0. The number of nitrogens with one attached hydrogen (secondary N) is 1. The van der Waals surface area contributed by atoms with E-state index < -0.39 is 36.6 Å². The zero-order chi connectivity index (χ0) is 15.4. The fraction of sp³-hybridized carbons (Fsp3) is 0.929. The molecular formula is C14H25F2NO3. The van der Waals surface area contributed by atoms with Crippen molar-refractivity contribution in [2.24, 2.45) is 5.92 Å². The number of aliphatic hydroxyl groups is 1. The minimum atomic E-state index is -2.81. The highest BCUT2D eigenvalue weighted by molar-refractivity contribution is 5.68. The molecule has 1 aliphatic carbocycles. The van der Waals surface area contributed by atoms with Crippen molar-refractivity contribution >= 4 is 6.09 Å². The lowest BCUT2D eigenvalue weighted by atomic mass is 9.81. The maximum absolute atomic E-state index is 13.6. The number of alkyl carbamates (subject to hydrolysis) is 1. The average Bonchev–Trinajstić information content (AvgIpc) is 2.26. The van der Waals surface area contributed by atoms with Crippen LogP contribution in [-0.2, 0) is 4.74 Å². The molecule has 1 rings (SSSR count). The zero-order valence-electron chi connectivity index (χ0n) is 12.4. The second-order valence-corrected chi connectivity index (χ2v) is 6.43. The summed E-state index contributed by atoms with van der Waals surface area (Å²) in [5.41, 5.74) is -0.560. The number of hydrogen-bond acceptors (Lipinski definition) is 3. The Morgan fingerprint density at radius 1 is 1.25 bits per heavy atom. The second kappa shape index (κ2) is 6.70. The Bertz CT molecular complexity index is 321. The van der Waals surface area contributed by atoms with Gasteiger partial charge in [-0.2, -0.15) is 0 Å². The van der Waals surface area contributed by atoms with Crippen molar-refractivity contribution in [2.75, 3.05) is 6.61 Å². The van der Waals surface area contributed by atoms with Gasteiger partial charge in [-0.15, -0.1) is 0 Å². The number of halogens is 2. The predicted molar refractivity (Wildman–Crippen MR) is 71.8 cm³/mol. The molecule has 0 spiro atoms. The summed E-state index contributed by atoms with van der Waals surface area (Å²) in [6, 6.07) is -0.106. The first-order valence-electron chi connectivity index (χ1n) is 7.12. The van der Waals surface area contributed by atoms with E-state index in [0.717, 1.165) is 0 Å². The van der Waals surface area contributed by atoms with Crippen LogP contribution in [0.2, 0.25) is 0 Å². The summed E-state index contributed by atoms with van der Waals surface area (Å²) >= 11 is 0. The van der Waals surface area contributed by atoms with Crippen LogP contribution in [0.1, 0.15) is 52.9 Å². The van der Waals surface area contributed by atoms with E-state index in [0.29, 0.717) is 25.7 Å². The monoisotopic (exact) mass is 293 g/mol. The van der Waals surface area contributed by atoms with E-state index in [1.54, 1.807) is 20.8 Å². The third-order valence-electron chi connectivity index (χ3n) is 3.49. The Balaban J connectivity index is 2.37. The minimum absolute atomic E-state index is 0.106. The molecule has 1 aliphatic rings. The van der Waals surface area contributed by atoms with E-state index in [-0.39, 0.29) is 6.04 Å². The van der Waals surface area contributed by atoms with Crippen LogP contribution in [0.4, 0.5) is 13.6 Å². The normalized spacial score (nSPS) is 24.3. The lowest BCUT2D eigenvalue weighted by molar-refractivity contribution is -0.0876. The Hall–Kier alpha value is -0.910. The highest BCUT2D eigenvalue weighted by atomic mass is 19.3. The van der Waals surface area contributed by atoms with Gasteiger partial charge in [0, 0.05) is 25.0 Å². The van der Waals surface area contributed by atoms with Crippen molar-refractivity contribution < 1.29 is 23.4 Å². The molecule has 4 nitrogen and oxygen atoms in total.